The first-order chi connectivity index (χ1) is 7.21. The molecule has 0 unspecified atom stereocenters. The van der Waals surface area contributed by atoms with E-state index < -0.39 is 11.5 Å². The maximum Gasteiger partial charge on any atom is 0.255 e. The number of hydrogen-bond acceptors (Lipinski definition) is 2. The second kappa shape index (κ2) is 4.80. The molecule has 0 spiro atoms. The molecule has 0 fully saturated rings. The Morgan fingerprint density at radius 2 is 1.69 bits per heavy atom. The zero-order valence-electron chi connectivity index (χ0n) is 8.64. The van der Waals surface area contributed by atoms with E-state index in [0.29, 0.717) is 5.69 Å². The van der Waals surface area contributed by atoms with Gasteiger partial charge in [-0.15, -0.1) is 0 Å². The highest BCUT2D eigenvalue weighted by Gasteiger charge is 2.24. The van der Waals surface area contributed by atoms with E-state index in [1.165, 1.54) is 26.0 Å². The Kier molecular flexibility index (Phi) is 4.07. The van der Waals surface area contributed by atoms with Gasteiger partial charge in [-0.2, -0.15) is 0 Å². The summed E-state index contributed by atoms with van der Waals surface area (Å²) in [6.45, 7) is 2.75. The quantitative estimate of drug-likeness (QED) is 0.817. The van der Waals surface area contributed by atoms with E-state index in [2.05, 4.69) is 5.32 Å². The van der Waals surface area contributed by atoms with Gasteiger partial charge in [0.15, 0.2) is 0 Å². The van der Waals surface area contributed by atoms with E-state index in [0.717, 1.165) is 0 Å². The van der Waals surface area contributed by atoms with Crippen molar-refractivity contribution in [2.24, 2.45) is 0 Å². The number of aliphatic hydroxyl groups is 1. The molecule has 16 heavy (non-hydrogen) atoms. The van der Waals surface area contributed by atoms with Crippen LogP contribution in [0, 0.1) is 0 Å². The smallest absolute Gasteiger partial charge is 0.255 e. The Morgan fingerprint density at radius 3 is 2.06 bits per heavy atom. The van der Waals surface area contributed by atoms with Crippen molar-refractivity contribution in [2.45, 2.75) is 19.4 Å². The summed E-state index contributed by atoms with van der Waals surface area (Å²) >= 11 is 17.3. The van der Waals surface area contributed by atoms with Crippen molar-refractivity contribution in [1.82, 2.24) is 0 Å². The van der Waals surface area contributed by atoms with Crippen molar-refractivity contribution in [3.8, 4) is 0 Å². The lowest BCUT2D eigenvalue weighted by molar-refractivity contribution is -0.130. The lowest BCUT2D eigenvalue weighted by Crippen LogP contribution is -2.36. The van der Waals surface area contributed by atoms with Crippen LogP contribution in [0.1, 0.15) is 13.8 Å². The molecule has 0 aliphatic rings. The van der Waals surface area contributed by atoms with Gasteiger partial charge in [0.05, 0.1) is 15.1 Å². The van der Waals surface area contributed by atoms with E-state index in [9.17, 15) is 9.90 Å². The fourth-order valence-corrected chi connectivity index (χ4v) is 1.51. The van der Waals surface area contributed by atoms with Gasteiger partial charge in [0, 0.05) is 5.69 Å². The minimum atomic E-state index is -1.47. The summed E-state index contributed by atoms with van der Waals surface area (Å²) in [5.41, 5.74) is -1.09. The van der Waals surface area contributed by atoms with Gasteiger partial charge in [-0.3, -0.25) is 4.79 Å². The van der Waals surface area contributed by atoms with Gasteiger partial charge in [0.2, 0.25) is 0 Å². The van der Waals surface area contributed by atoms with Gasteiger partial charge in [-0.1, -0.05) is 34.8 Å². The summed E-state index contributed by atoms with van der Waals surface area (Å²) in [6, 6.07) is 2.92. The first kappa shape index (κ1) is 13.6. The number of benzene rings is 1. The molecule has 0 heterocycles. The lowest BCUT2D eigenvalue weighted by Gasteiger charge is -2.17. The first-order valence-corrected chi connectivity index (χ1v) is 5.53. The van der Waals surface area contributed by atoms with Crippen LogP contribution < -0.4 is 5.32 Å². The summed E-state index contributed by atoms with van der Waals surface area (Å²) in [5, 5.41) is 12.6. The molecule has 0 saturated carbocycles. The molecule has 2 N–H and O–H groups in total. The molecule has 1 amide bonds. The maximum absolute atomic E-state index is 11.5. The molecule has 0 atom stereocenters. The maximum atomic E-state index is 11.5. The third kappa shape index (κ3) is 3.25. The van der Waals surface area contributed by atoms with Gasteiger partial charge < -0.3 is 10.4 Å². The molecular formula is C10H10Cl3NO2. The molecule has 0 aliphatic carbocycles. The van der Waals surface area contributed by atoms with E-state index in [4.69, 9.17) is 34.8 Å². The van der Waals surface area contributed by atoms with Crippen molar-refractivity contribution in [2.75, 3.05) is 5.32 Å². The average Bonchev–Trinajstić information content (AvgIpc) is 2.12. The van der Waals surface area contributed by atoms with E-state index in [1.54, 1.807) is 0 Å². The molecule has 3 nitrogen and oxygen atoms in total. The van der Waals surface area contributed by atoms with Gasteiger partial charge in [0.25, 0.3) is 5.91 Å². The summed E-state index contributed by atoms with van der Waals surface area (Å²) in [6.07, 6.45) is 0. The molecule has 0 bridgehead atoms. The Morgan fingerprint density at radius 1 is 1.25 bits per heavy atom. The van der Waals surface area contributed by atoms with Crippen LogP contribution in [0.3, 0.4) is 0 Å². The Balaban J connectivity index is 2.96. The number of amides is 1. The van der Waals surface area contributed by atoms with Crippen molar-refractivity contribution in [1.29, 1.82) is 0 Å². The van der Waals surface area contributed by atoms with Crippen LogP contribution in [0.2, 0.25) is 15.1 Å². The third-order valence-electron chi connectivity index (χ3n) is 1.80. The number of carbonyl (C=O) groups is 1. The summed E-state index contributed by atoms with van der Waals surface area (Å²) < 4.78 is 0. The molecule has 88 valence electrons. The molecule has 1 rings (SSSR count). The largest absolute Gasteiger partial charge is 0.381 e. The second-order valence-electron chi connectivity index (χ2n) is 3.77. The first-order valence-electron chi connectivity index (χ1n) is 4.40. The predicted octanol–water partition coefficient (Wildman–Crippen LogP) is 3.36. The van der Waals surface area contributed by atoms with Gasteiger partial charge >= 0.3 is 0 Å². The highest BCUT2D eigenvalue weighted by atomic mass is 35.5. The SMILES string of the molecule is CC(C)(O)C(=O)Nc1cc(Cl)c(Cl)c(Cl)c1. The van der Waals surface area contributed by atoms with Crippen molar-refractivity contribution in [3.05, 3.63) is 27.2 Å². The summed E-state index contributed by atoms with van der Waals surface area (Å²) in [7, 11) is 0. The Bertz CT molecular complexity index is 404. The van der Waals surface area contributed by atoms with E-state index in [-0.39, 0.29) is 15.1 Å². The van der Waals surface area contributed by atoms with Gasteiger partial charge in [0.1, 0.15) is 5.60 Å². The molecule has 6 heteroatoms. The molecule has 1 aromatic carbocycles. The minimum Gasteiger partial charge on any atom is -0.381 e. The summed E-state index contributed by atoms with van der Waals surface area (Å²) in [5.74, 6) is -0.554. The van der Waals surface area contributed by atoms with Gasteiger partial charge in [-0.05, 0) is 26.0 Å². The van der Waals surface area contributed by atoms with Crippen LogP contribution in [0.5, 0.6) is 0 Å². The van der Waals surface area contributed by atoms with Crippen LogP contribution in [0.25, 0.3) is 0 Å². The third-order valence-corrected chi connectivity index (χ3v) is 2.99. The van der Waals surface area contributed by atoms with Crippen LogP contribution in [-0.4, -0.2) is 16.6 Å². The lowest BCUT2D eigenvalue weighted by atomic mass is 10.1. The predicted molar refractivity (Wildman–Crippen MR) is 66.4 cm³/mol. The van der Waals surface area contributed by atoms with Crippen molar-refractivity contribution in [3.63, 3.8) is 0 Å². The van der Waals surface area contributed by atoms with Crippen LogP contribution in [0.15, 0.2) is 12.1 Å². The Labute approximate surface area is 108 Å². The zero-order valence-corrected chi connectivity index (χ0v) is 10.9. The number of halogens is 3. The van der Waals surface area contributed by atoms with Gasteiger partial charge in [-0.25, -0.2) is 0 Å². The zero-order chi connectivity index (χ0) is 12.5. The minimum absolute atomic E-state index is 0.226. The Hall–Kier alpha value is -0.480. The van der Waals surface area contributed by atoms with Crippen molar-refractivity contribution < 1.29 is 9.90 Å². The highest BCUT2D eigenvalue weighted by Crippen LogP contribution is 2.33. The fourth-order valence-electron chi connectivity index (χ4n) is 0.912. The van der Waals surface area contributed by atoms with Crippen LogP contribution in [-0.2, 0) is 4.79 Å². The molecule has 0 radical (unpaired) electrons. The van der Waals surface area contributed by atoms with Crippen molar-refractivity contribution >= 4 is 46.4 Å². The molecule has 1 aromatic rings. The monoisotopic (exact) mass is 281 g/mol. The standard InChI is InChI=1S/C10H10Cl3NO2/c1-10(2,16)9(15)14-5-3-6(11)8(13)7(12)4-5/h3-4,16H,1-2H3,(H,14,15). The number of anilines is 1. The normalized spacial score (nSPS) is 11.4. The van der Waals surface area contributed by atoms with E-state index in [1.807, 2.05) is 0 Å². The highest BCUT2D eigenvalue weighted by molar-refractivity contribution is 6.48. The molecule has 0 aromatic heterocycles. The summed E-state index contributed by atoms with van der Waals surface area (Å²) in [4.78, 5) is 11.5. The fraction of sp³-hybridized carbons (Fsp3) is 0.300. The van der Waals surface area contributed by atoms with Crippen LogP contribution >= 0.6 is 34.8 Å². The van der Waals surface area contributed by atoms with E-state index >= 15 is 0 Å². The number of carbonyl (C=O) groups excluding carboxylic acids is 1. The number of hydrogen-bond donors (Lipinski definition) is 2. The molecular weight excluding hydrogens is 272 g/mol. The second-order valence-corrected chi connectivity index (χ2v) is 4.96. The number of nitrogens with one attached hydrogen (secondary N) is 1. The molecule has 0 saturated heterocycles. The topological polar surface area (TPSA) is 49.3 Å². The molecule has 0 aliphatic heterocycles. The van der Waals surface area contributed by atoms with Crippen LogP contribution in [0.4, 0.5) is 5.69 Å². The average molecular weight is 283 g/mol. The number of rotatable bonds is 2.